The van der Waals surface area contributed by atoms with Crippen molar-refractivity contribution in [3.05, 3.63) is 53.1 Å². The Hall–Kier alpha value is -2.24. The quantitative estimate of drug-likeness (QED) is 0.749. The monoisotopic (exact) mass is 376 g/mol. The van der Waals surface area contributed by atoms with Crippen molar-refractivity contribution < 1.29 is 14.3 Å². The molecule has 0 unspecified atom stereocenters. The lowest BCUT2D eigenvalue weighted by molar-refractivity contribution is -0.120. The van der Waals surface area contributed by atoms with Gasteiger partial charge in [-0.05, 0) is 62.9 Å². The van der Waals surface area contributed by atoms with Crippen LogP contribution < -0.4 is 14.8 Å². The summed E-state index contributed by atoms with van der Waals surface area (Å²) in [7, 11) is 3.53. The number of benzene rings is 2. The number of anilines is 1. The largest absolute Gasteiger partial charge is 0.493 e. The predicted molar refractivity (Wildman–Crippen MR) is 105 cm³/mol. The van der Waals surface area contributed by atoms with Crippen LogP contribution in [-0.2, 0) is 11.3 Å². The van der Waals surface area contributed by atoms with Crippen LogP contribution in [0.15, 0.2) is 42.5 Å². The second-order valence-electron chi connectivity index (χ2n) is 6.01. The second kappa shape index (κ2) is 9.46. The first kappa shape index (κ1) is 20.1. The van der Waals surface area contributed by atoms with Gasteiger partial charge in [0, 0.05) is 17.3 Å². The Labute approximate surface area is 159 Å². The molecule has 0 spiro atoms. The van der Waals surface area contributed by atoms with Gasteiger partial charge in [-0.3, -0.25) is 9.69 Å². The van der Waals surface area contributed by atoms with Gasteiger partial charge in [0.05, 0.1) is 19.8 Å². The summed E-state index contributed by atoms with van der Waals surface area (Å²) < 4.78 is 10.9. The average Bonchev–Trinajstić information content (AvgIpc) is 2.64. The predicted octanol–water partition coefficient (Wildman–Crippen LogP) is 4.21. The number of nitrogens with one attached hydrogen (secondary N) is 1. The molecule has 26 heavy (non-hydrogen) atoms. The first-order valence-corrected chi connectivity index (χ1v) is 8.88. The maximum absolute atomic E-state index is 12.5. The molecule has 1 amide bonds. The molecule has 1 N–H and O–H groups in total. The molecule has 0 heterocycles. The topological polar surface area (TPSA) is 50.8 Å². The molecule has 0 aliphatic heterocycles. The van der Waals surface area contributed by atoms with Gasteiger partial charge in [0.2, 0.25) is 5.91 Å². The maximum Gasteiger partial charge on any atom is 0.241 e. The van der Waals surface area contributed by atoms with E-state index in [-0.39, 0.29) is 11.9 Å². The Bertz CT molecular complexity index is 734. The highest BCUT2D eigenvalue weighted by Gasteiger charge is 2.19. The van der Waals surface area contributed by atoms with Crippen molar-refractivity contribution >= 4 is 23.2 Å². The highest BCUT2D eigenvalue weighted by molar-refractivity contribution is 6.30. The third kappa shape index (κ3) is 5.38. The van der Waals surface area contributed by atoms with E-state index in [1.165, 1.54) is 0 Å². The summed E-state index contributed by atoms with van der Waals surface area (Å²) in [6, 6.07) is 12.6. The van der Waals surface area contributed by atoms with Crippen LogP contribution >= 0.6 is 11.6 Å². The molecule has 0 saturated carbocycles. The lowest BCUT2D eigenvalue weighted by atomic mass is 10.1. The summed E-state index contributed by atoms with van der Waals surface area (Å²) in [5.41, 5.74) is 1.77. The van der Waals surface area contributed by atoms with Gasteiger partial charge >= 0.3 is 0 Å². The van der Waals surface area contributed by atoms with Crippen LogP contribution in [0.25, 0.3) is 0 Å². The molecule has 2 aromatic carbocycles. The maximum atomic E-state index is 12.5. The molecule has 0 bridgehead atoms. The molecule has 0 aliphatic carbocycles. The molecular weight excluding hydrogens is 352 g/mol. The van der Waals surface area contributed by atoms with Gasteiger partial charge < -0.3 is 14.8 Å². The highest BCUT2D eigenvalue weighted by atomic mass is 35.5. The number of carbonyl (C=O) groups is 1. The van der Waals surface area contributed by atoms with Gasteiger partial charge in [-0.15, -0.1) is 0 Å². The molecule has 0 aliphatic rings. The SMILES string of the molecule is CCOc1ccc(CN(C)[C@@H](C)C(=O)Nc2ccc(Cl)cc2)cc1OC. The Morgan fingerprint density at radius 2 is 1.88 bits per heavy atom. The molecule has 0 radical (unpaired) electrons. The number of nitrogens with zero attached hydrogens (tertiary/aromatic N) is 1. The number of methoxy groups -OCH3 is 1. The molecule has 0 aromatic heterocycles. The van der Waals surface area contributed by atoms with E-state index in [0.29, 0.717) is 23.9 Å². The fraction of sp³-hybridized carbons (Fsp3) is 0.350. The van der Waals surface area contributed by atoms with Gasteiger partial charge in [0.1, 0.15) is 0 Å². The standard InChI is InChI=1S/C20H25ClN2O3/c1-5-26-18-11-6-15(12-19(18)25-4)13-23(3)14(2)20(24)22-17-9-7-16(21)8-10-17/h6-12,14H,5,13H2,1-4H3,(H,22,24)/t14-/m0/s1. The second-order valence-corrected chi connectivity index (χ2v) is 6.44. The summed E-state index contributed by atoms with van der Waals surface area (Å²) in [5, 5.41) is 3.54. The van der Waals surface area contributed by atoms with Crippen molar-refractivity contribution in [3.63, 3.8) is 0 Å². The third-order valence-corrected chi connectivity index (χ3v) is 4.36. The number of likely N-dealkylation sites (N-methyl/N-ethyl adjacent to an activating group) is 1. The lowest BCUT2D eigenvalue weighted by Crippen LogP contribution is -2.39. The number of carbonyl (C=O) groups excluding carboxylic acids is 1. The molecule has 140 valence electrons. The molecule has 5 nitrogen and oxygen atoms in total. The van der Waals surface area contributed by atoms with Gasteiger partial charge in [0.15, 0.2) is 11.5 Å². The van der Waals surface area contributed by atoms with E-state index < -0.39 is 0 Å². The van der Waals surface area contributed by atoms with E-state index in [0.717, 1.165) is 17.0 Å². The van der Waals surface area contributed by atoms with Crippen LogP contribution in [0.4, 0.5) is 5.69 Å². The number of hydrogen-bond donors (Lipinski definition) is 1. The molecule has 0 fully saturated rings. The highest BCUT2D eigenvalue weighted by Crippen LogP contribution is 2.28. The zero-order valence-electron chi connectivity index (χ0n) is 15.6. The zero-order chi connectivity index (χ0) is 19.1. The van der Waals surface area contributed by atoms with Crippen LogP contribution in [-0.4, -0.2) is 37.6 Å². The average molecular weight is 377 g/mol. The number of ether oxygens (including phenoxy) is 2. The molecule has 6 heteroatoms. The molecule has 2 aromatic rings. The van der Waals surface area contributed by atoms with Crippen molar-refractivity contribution in [1.82, 2.24) is 4.90 Å². The lowest BCUT2D eigenvalue weighted by Gasteiger charge is -2.24. The van der Waals surface area contributed by atoms with E-state index in [1.54, 1.807) is 31.4 Å². The van der Waals surface area contributed by atoms with Crippen molar-refractivity contribution in [1.29, 1.82) is 0 Å². The van der Waals surface area contributed by atoms with Crippen molar-refractivity contribution in [3.8, 4) is 11.5 Å². The van der Waals surface area contributed by atoms with Gasteiger partial charge in [-0.1, -0.05) is 17.7 Å². The summed E-state index contributed by atoms with van der Waals surface area (Å²) in [6.45, 7) is 4.99. The minimum atomic E-state index is -0.303. The number of amides is 1. The minimum absolute atomic E-state index is 0.0762. The fourth-order valence-electron chi connectivity index (χ4n) is 2.49. The normalized spacial score (nSPS) is 11.9. The summed E-state index contributed by atoms with van der Waals surface area (Å²) in [4.78, 5) is 14.4. The van der Waals surface area contributed by atoms with Crippen LogP contribution in [0, 0.1) is 0 Å². The van der Waals surface area contributed by atoms with Gasteiger partial charge in [-0.2, -0.15) is 0 Å². The van der Waals surface area contributed by atoms with Gasteiger partial charge in [-0.25, -0.2) is 0 Å². The minimum Gasteiger partial charge on any atom is -0.493 e. The van der Waals surface area contributed by atoms with E-state index in [2.05, 4.69) is 5.32 Å². The van der Waals surface area contributed by atoms with E-state index >= 15 is 0 Å². The first-order valence-electron chi connectivity index (χ1n) is 8.51. The zero-order valence-corrected chi connectivity index (χ0v) is 16.3. The van der Waals surface area contributed by atoms with Gasteiger partial charge in [0.25, 0.3) is 0 Å². The Balaban J connectivity index is 2.00. The summed E-state index contributed by atoms with van der Waals surface area (Å²) >= 11 is 5.87. The first-order chi connectivity index (χ1) is 12.4. The third-order valence-electron chi connectivity index (χ3n) is 4.11. The summed E-state index contributed by atoms with van der Waals surface area (Å²) in [6.07, 6.45) is 0. The van der Waals surface area contributed by atoms with E-state index in [1.807, 2.05) is 44.0 Å². The smallest absolute Gasteiger partial charge is 0.241 e. The Morgan fingerprint density at radius 1 is 1.19 bits per heavy atom. The number of hydrogen-bond acceptors (Lipinski definition) is 4. The van der Waals surface area contributed by atoms with E-state index in [9.17, 15) is 4.79 Å². The fourth-order valence-corrected chi connectivity index (χ4v) is 2.62. The van der Waals surface area contributed by atoms with Crippen LogP contribution in [0.1, 0.15) is 19.4 Å². The van der Waals surface area contributed by atoms with Crippen molar-refractivity contribution in [2.24, 2.45) is 0 Å². The molecular formula is C20H25ClN2O3. The molecule has 1 atom stereocenters. The van der Waals surface area contributed by atoms with Crippen molar-refractivity contribution in [2.45, 2.75) is 26.4 Å². The molecule has 0 saturated heterocycles. The van der Waals surface area contributed by atoms with E-state index in [4.69, 9.17) is 21.1 Å². The van der Waals surface area contributed by atoms with Crippen molar-refractivity contribution in [2.75, 3.05) is 26.1 Å². The van der Waals surface area contributed by atoms with Crippen LogP contribution in [0.2, 0.25) is 5.02 Å². The number of rotatable bonds is 8. The Kier molecular flexibility index (Phi) is 7.30. The van der Waals surface area contributed by atoms with Crippen LogP contribution in [0.3, 0.4) is 0 Å². The number of halogens is 1. The van der Waals surface area contributed by atoms with Crippen LogP contribution in [0.5, 0.6) is 11.5 Å². The molecule has 2 rings (SSSR count). The Morgan fingerprint density at radius 3 is 2.50 bits per heavy atom. The summed E-state index contributed by atoms with van der Waals surface area (Å²) in [5.74, 6) is 1.33.